The number of para-hydroxylation sites is 1. The topological polar surface area (TPSA) is 40.6 Å². The Hall–Kier alpha value is -2.53. The smallest absolute Gasteiger partial charge is 0.252 e. The molecule has 0 aromatic heterocycles. The molecule has 26 heavy (non-hydrogen) atoms. The highest BCUT2D eigenvalue weighted by Gasteiger charge is 2.49. The second kappa shape index (κ2) is 7.38. The van der Waals surface area contributed by atoms with Crippen LogP contribution in [0, 0.1) is 0 Å². The minimum atomic E-state index is -1.19. The van der Waals surface area contributed by atoms with Crippen LogP contribution in [0.2, 0.25) is 0 Å². The molecule has 0 aliphatic carbocycles. The Kier molecular flexibility index (Phi) is 5.18. The second-order valence-electron chi connectivity index (χ2n) is 6.43. The van der Waals surface area contributed by atoms with Gasteiger partial charge in [0.2, 0.25) is 5.91 Å². The molecule has 3 rings (SSSR count). The first-order valence-electron chi connectivity index (χ1n) is 8.48. The molecular formula is C21H22N2O2S. The summed E-state index contributed by atoms with van der Waals surface area (Å²) < 4.78 is -1.19. The molecule has 0 bridgehead atoms. The molecule has 1 unspecified atom stereocenters. The SMILES string of the molecule is C=CCN(Cc1ccccc1)C(=O)C1(C)Sc2ccccc2N(C)C1=O. The van der Waals surface area contributed by atoms with E-state index >= 15 is 0 Å². The second-order valence-corrected chi connectivity index (χ2v) is 7.89. The largest absolute Gasteiger partial charge is 0.333 e. The highest BCUT2D eigenvalue weighted by Crippen LogP contribution is 2.45. The van der Waals surface area contributed by atoms with Gasteiger partial charge in [0.25, 0.3) is 5.91 Å². The summed E-state index contributed by atoms with van der Waals surface area (Å²) in [6.07, 6.45) is 1.69. The van der Waals surface area contributed by atoms with Gasteiger partial charge in [0.15, 0.2) is 4.75 Å². The maximum absolute atomic E-state index is 13.4. The van der Waals surface area contributed by atoms with Crippen LogP contribution < -0.4 is 4.90 Å². The van der Waals surface area contributed by atoms with Gasteiger partial charge in [0.1, 0.15) is 0 Å². The molecule has 1 heterocycles. The summed E-state index contributed by atoms with van der Waals surface area (Å²) in [6.45, 7) is 6.32. The number of amides is 2. The van der Waals surface area contributed by atoms with Crippen LogP contribution in [-0.4, -0.2) is 35.1 Å². The van der Waals surface area contributed by atoms with E-state index in [2.05, 4.69) is 6.58 Å². The number of thioether (sulfide) groups is 1. The monoisotopic (exact) mass is 366 g/mol. The molecule has 5 heteroatoms. The first-order valence-corrected chi connectivity index (χ1v) is 9.29. The molecule has 1 aliphatic heterocycles. The van der Waals surface area contributed by atoms with Crippen molar-refractivity contribution in [3.63, 3.8) is 0 Å². The van der Waals surface area contributed by atoms with Crippen molar-refractivity contribution in [3.05, 3.63) is 72.8 Å². The number of carbonyl (C=O) groups excluding carboxylic acids is 2. The fourth-order valence-corrected chi connectivity index (χ4v) is 4.47. The molecule has 0 fully saturated rings. The van der Waals surface area contributed by atoms with Crippen LogP contribution in [-0.2, 0) is 16.1 Å². The van der Waals surface area contributed by atoms with E-state index in [0.29, 0.717) is 13.1 Å². The van der Waals surface area contributed by atoms with Crippen molar-refractivity contribution in [2.75, 3.05) is 18.5 Å². The molecule has 0 N–H and O–H groups in total. The minimum Gasteiger partial charge on any atom is -0.333 e. The summed E-state index contributed by atoms with van der Waals surface area (Å²) in [5, 5.41) is 0. The standard InChI is InChI=1S/C21H22N2O2S/c1-4-14-23(15-16-10-6-5-7-11-16)20(25)21(2)19(24)22(3)17-12-8-9-13-18(17)26-21/h4-13H,1,14-15H2,2-3H3. The fraction of sp³-hybridized carbons (Fsp3) is 0.238. The van der Waals surface area contributed by atoms with Crippen molar-refractivity contribution in [2.45, 2.75) is 23.1 Å². The number of benzene rings is 2. The predicted octanol–water partition coefficient (Wildman–Crippen LogP) is 3.73. The maximum Gasteiger partial charge on any atom is 0.252 e. The predicted molar refractivity (Wildman–Crippen MR) is 106 cm³/mol. The number of carbonyl (C=O) groups is 2. The summed E-state index contributed by atoms with van der Waals surface area (Å²) in [7, 11) is 1.72. The molecule has 2 aromatic rings. The summed E-state index contributed by atoms with van der Waals surface area (Å²) in [5.74, 6) is -0.397. The lowest BCUT2D eigenvalue weighted by Gasteiger charge is -2.39. The van der Waals surface area contributed by atoms with Gasteiger partial charge in [-0.25, -0.2) is 0 Å². The van der Waals surface area contributed by atoms with Gasteiger partial charge in [0.05, 0.1) is 5.69 Å². The minimum absolute atomic E-state index is 0.197. The first-order chi connectivity index (χ1) is 12.5. The number of hydrogen-bond donors (Lipinski definition) is 0. The lowest BCUT2D eigenvalue weighted by molar-refractivity contribution is -0.138. The molecular weight excluding hydrogens is 344 g/mol. The molecule has 4 nitrogen and oxygen atoms in total. The van der Waals surface area contributed by atoms with Gasteiger partial charge in [-0.3, -0.25) is 9.59 Å². The molecule has 0 saturated carbocycles. The normalized spacial score (nSPS) is 19.0. The van der Waals surface area contributed by atoms with Crippen LogP contribution in [0.4, 0.5) is 5.69 Å². The summed E-state index contributed by atoms with van der Waals surface area (Å²) in [5.41, 5.74) is 1.86. The number of fused-ring (bicyclic) bond motifs is 1. The van der Waals surface area contributed by atoms with Gasteiger partial charge < -0.3 is 9.80 Å². The zero-order valence-corrected chi connectivity index (χ0v) is 15.8. The average Bonchev–Trinajstić information content (AvgIpc) is 2.66. The Balaban J connectivity index is 1.93. The Morgan fingerprint density at radius 3 is 2.54 bits per heavy atom. The average molecular weight is 366 g/mol. The molecule has 134 valence electrons. The van der Waals surface area contributed by atoms with Gasteiger partial charge >= 0.3 is 0 Å². The molecule has 0 spiro atoms. The number of nitrogens with zero attached hydrogens (tertiary/aromatic N) is 2. The van der Waals surface area contributed by atoms with E-state index in [1.807, 2.05) is 54.6 Å². The van der Waals surface area contributed by atoms with Crippen LogP contribution >= 0.6 is 11.8 Å². The zero-order chi connectivity index (χ0) is 18.7. The summed E-state index contributed by atoms with van der Waals surface area (Å²) >= 11 is 1.33. The van der Waals surface area contributed by atoms with Crippen molar-refractivity contribution < 1.29 is 9.59 Å². The quantitative estimate of drug-likeness (QED) is 0.598. The van der Waals surface area contributed by atoms with E-state index in [4.69, 9.17) is 0 Å². The molecule has 1 aliphatic rings. The van der Waals surface area contributed by atoms with Gasteiger partial charge in [-0.15, -0.1) is 6.58 Å². The van der Waals surface area contributed by atoms with Crippen molar-refractivity contribution >= 4 is 29.3 Å². The van der Waals surface area contributed by atoms with Crippen LogP contribution in [0.5, 0.6) is 0 Å². The highest BCUT2D eigenvalue weighted by atomic mass is 32.2. The molecule has 2 aromatic carbocycles. The van der Waals surface area contributed by atoms with Gasteiger partial charge in [-0.05, 0) is 24.6 Å². The third-order valence-electron chi connectivity index (χ3n) is 4.51. The van der Waals surface area contributed by atoms with Crippen LogP contribution in [0.15, 0.2) is 72.1 Å². The van der Waals surface area contributed by atoms with Crippen molar-refractivity contribution in [3.8, 4) is 0 Å². The van der Waals surface area contributed by atoms with Gasteiger partial charge in [-0.2, -0.15) is 0 Å². The third-order valence-corrected chi connectivity index (χ3v) is 5.84. The zero-order valence-electron chi connectivity index (χ0n) is 15.0. The first kappa shape index (κ1) is 18.3. The van der Waals surface area contributed by atoms with E-state index in [1.165, 1.54) is 11.8 Å². The maximum atomic E-state index is 13.4. The molecule has 0 radical (unpaired) electrons. The van der Waals surface area contributed by atoms with E-state index in [1.54, 1.807) is 29.8 Å². The Morgan fingerprint density at radius 2 is 1.85 bits per heavy atom. The van der Waals surface area contributed by atoms with E-state index < -0.39 is 4.75 Å². The van der Waals surface area contributed by atoms with Gasteiger partial charge in [-0.1, -0.05) is 60.3 Å². The molecule has 2 amide bonds. The summed E-state index contributed by atoms with van der Waals surface area (Å²) in [4.78, 5) is 30.6. The number of hydrogen-bond acceptors (Lipinski definition) is 3. The van der Waals surface area contributed by atoms with Crippen LogP contribution in [0.3, 0.4) is 0 Å². The summed E-state index contributed by atoms with van der Waals surface area (Å²) in [6, 6.07) is 17.4. The number of anilines is 1. The van der Waals surface area contributed by atoms with E-state index in [0.717, 1.165) is 16.1 Å². The Bertz CT molecular complexity index is 837. The van der Waals surface area contributed by atoms with Crippen molar-refractivity contribution in [1.82, 2.24) is 4.90 Å². The van der Waals surface area contributed by atoms with E-state index in [9.17, 15) is 9.59 Å². The molecule has 0 saturated heterocycles. The van der Waals surface area contributed by atoms with E-state index in [-0.39, 0.29) is 11.8 Å². The molecule has 1 atom stereocenters. The van der Waals surface area contributed by atoms with Crippen LogP contribution in [0.1, 0.15) is 12.5 Å². The fourth-order valence-electron chi connectivity index (χ4n) is 3.13. The lowest BCUT2D eigenvalue weighted by Crippen LogP contribution is -2.56. The van der Waals surface area contributed by atoms with Gasteiger partial charge in [0, 0.05) is 25.0 Å². The Morgan fingerprint density at radius 1 is 1.19 bits per heavy atom. The highest BCUT2D eigenvalue weighted by molar-refractivity contribution is 8.02. The number of rotatable bonds is 5. The lowest BCUT2D eigenvalue weighted by atomic mass is 10.1. The third kappa shape index (κ3) is 3.27. The van der Waals surface area contributed by atoms with Crippen LogP contribution in [0.25, 0.3) is 0 Å². The van der Waals surface area contributed by atoms with Crippen molar-refractivity contribution in [2.24, 2.45) is 0 Å². The Labute approximate surface area is 158 Å². The van der Waals surface area contributed by atoms with Crippen molar-refractivity contribution in [1.29, 1.82) is 0 Å².